The summed E-state index contributed by atoms with van der Waals surface area (Å²) >= 11 is 0. The topological polar surface area (TPSA) is 114 Å². The molecule has 0 heterocycles. The molecule has 204 valence electrons. The van der Waals surface area contributed by atoms with Crippen molar-refractivity contribution in [3.05, 3.63) is 83.9 Å². The van der Waals surface area contributed by atoms with Crippen LogP contribution in [-0.4, -0.2) is 63.7 Å². The zero-order valence-corrected chi connectivity index (χ0v) is 26.4. The van der Waals surface area contributed by atoms with Gasteiger partial charge in [-0.25, -0.2) is 16.8 Å². The third kappa shape index (κ3) is 9.81. The van der Waals surface area contributed by atoms with Crippen molar-refractivity contribution >= 4 is 79.5 Å². The van der Waals surface area contributed by atoms with E-state index in [1.54, 1.807) is 0 Å². The molecule has 0 bridgehead atoms. The van der Waals surface area contributed by atoms with Crippen LogP contribution < -0.4 is 0 Å². The van der Waals surface area contributed by atoms with Crippen LogP contribution in [0.4, 0.5) is 0 Å². The second-order valence-electron chi connectivity index (χ2n) is 9.43. The maximum Gasteiger partial charge on any atom is 2.00 e. The predicted molar refractivity (Wildman–Crippen MR) is 156 cm³/mol. The van der Waals surface area contributed by atoms with E-state index in [2.05, 4.69) is 13.8 Å². The van der Waals surface area contributed by atoms with E-state index in [0.717, 1.165) is 84.0 Å². The smallest absolute Gasteiger partial charge is 0.744 e. The molecule has 0 aliphatic heterocycles. The van der Waals surface area contributed by atoms with Crippen LogP contribution in [0.3, 0.4) is 0 Å². The van der Waals surface area contributed by atoms with Crippen LogP contribution in [0.15, 0.2) is 82.6 Å². The SMILES string of the molecule is CCCCCc1cc(S(=O)(=O)[O-])cc2ccccc12.CCCCCc1cc(S(=O)(=O)[O-])cc2ccccc12.[Ca+2]. The van der Waals surface area contributed by atoms with Crippen molar-refractivity contribution in [2.75, 3.05) is 0 Å². The molecule has 39 heavy (non-hydrogen) atoms. The van der Waals surface area contributed by atoms with Gasteiger partial charge in [-0.05, 0) is 82.6 Å². The summed E-state index contributed by atoms with van der Waals surface area (Å²) in [6.45, 7) is 4.24. The largest absolute Gasteiger partial charge is 2.00 e. The zero-order chi connectivity index (χ0) is 27.8. The molecule has 0 atom stereocenters. The van der Waals surface area contributed by atoms with Gasteiger partial charge in [-0.2, -0.15) is 0 Å². The van der Waals surface area contributed by atoms with Crippen molar-refractivity contribution in [1.82, 2.24) is 0 Å². The molecule has 6 nitrogen and oxygen atoms in total. The molecule has 0 saturated carbocycles. The molecule has 4 aromatic carbocycles. The number of fused-ring (bicyclic) bond motifs is 2. The fourth-order valence-corrected chi connectivity index (χ4v) is 5.67. The summed E-state index contributed by atoms with van der Waals surface area (Å²) in [5.41, 5.74) is 1.89. The van der Waals surface area contributed by atoms with Crippen LogP contribution >= 0.6 is 0 Å². The first-order valence-electron chi connectivity index (χ1n) is 13.0. The average Bonchev–Trinajstić information content (AvgIpc) is 2.88. The van der Waals surface area contributed by atoms with Crippen LogP contribution in [0.5, 0.6) is 0 Å². The molecule has 0 aliphatic carbocycles. The first-order chi connectivity index (χ1) is 18.0. The van der Waals surface area contributed by atoms with Crippen molar-refractivity contribution in [2.45, 2.75) is 75.0 Å². The molecule has 4 rings (SSSR count). The third-order valence-electron chi connectivity index (χ3n) is 6.52. The molecule has 0 saturated heterocycles. The van der Waals surface area contributed by atoms with E-state index in [1.165, 1.54) is 24.3 Å². The van der Waals surface area contributed by atoms with E-state index < -0.39 is 20.2 Å². The molecule has 0 aromatic heterocycles. The quantitative estimate of drug-likeness (QED) is 0.116. The molecule has 4 aromatic rings. The van der Waals surface area contributed by atoms with Gasteiger partial charge >= 0.3 is 37.7 Å². The van der Waals surface area contributed by atoms with Gasteiger partial charge in [0.05, 0.1) is 9.79 Å². The summed E-state index contributed by atoms with van der Waals surface area (Å²) in [4.78, 5) is -0.254. The Kier molecular flexibility index (Phi) is 13.4. The standard InChI is InChI=1S/2C15H18O3S.Ca/c2*1-2-3-4-7-12-10-14(19(16,17)18)11-13-8-5-6-9-15(12)13;/h2*5-6,8-11H,2-4,7H2,1H3,(H,16,17,18);/q;;+2/p-2. The van der Waals surface area contributed by atoms with Gasteiger partial charge in [0.15, 0.2) is 0 Å². The first-order valence-corrected chi connectivity index (χ1v) is 15.8. The number of unbranched alkanes of at least 4 members (excludes halogenated alkanes) is 4. The Balaban J connectivity index is 0.000000267. The van der Waals surface area contributed by atoms with E-state index >= 15 is 0 Å². The Labute approximate surface area is 262 Å². The molecule has 0 spiro atoms. The molecule has 0 amide bonds. The molecule has 9 heteroatoms. The van der Waals surface area contributed by atoms with Gasteiger partial charge in [0, 0.05) is 0 Å². The number of hydrogen-bond acceptors (Lipinski definition) is 6. The Morgan fingerprint density at radius 2 is 0.923 bits per heavy atom. The fourth-order valence-electron chi connectivity index (χ4n) is 4.55. The maximum atomic E-state index is 11.2. The van der Waals surface area contributed by atoms with Gasteiger partial charge < -0.3 is 9.11 Å². The van der Waals surface area contributed by atoms with Crippen LogP contribution in [0.25, 0.3) is 21.5 Å². The fraction of sp³-hybridized carbons (Fsp3) is 0.333. The van der Waals surface area contributed by atoms with Crippen molar-refractivity contribution in [3.63, 3.8) is 0 Å². The van der Waals surface area contributed by atoms with Gasteiger partial charge in [-0.15, -0.1) is 0 Å². The monoisotopic (exact) mass is 594 g/mol. The minimum Gasteiger partial charge on any atom is -0.744 e. The molecule has 0 aliphatic rings. The summed E-state index contributed by atoms with van der Waals surface area (Å²) in [5, 5.41) is 3.69. The van der Waals surface area contributed by atoms with Crippen molar-refractivity contribution in [3.8, 4) is 0 Å². The van der Waals surface area contributed by atoms with E-state index in [1.807, 2.05) is 48.5 Å². The minimum absolute atomic E-state index is 0. The number of aryl methyl sites for hydroxylation is 2. The molecule has 0 fully saturated rings. The maximum absolute atomic E-state index is 11.2. The Morgan fingerprint density at radius 1 is 0.564 bits per heavy atom. The van der Waals surface area contributed by atoms with Crippen molar-refractivity contribution in [1.29, 1.82) is 0 Å². The summed E-state index contributed by atoms with van der Waals surface area (Å²) < 4.78 is 67.2. The van der Waals surface area contributed by atoms with Gasteiger partial charge in [0.1, 0.15) is 20.2 Å². The van der Waals surface area contributed by atoms with Crippen LogP contribution in [0.2, 0.25) is 0 Å². The van der Waals surface area contributed by atoms with E-state index in [4.69, 9.17) is 0 Å². The summed E-state index contributed by atoms with van der Waals surface area (Å²) in [6.07, 6.45) is 8.03. The van der Waals surface area contributed by atoms with Gasteiger partial charge in [0.25, 0.3) is 0 Å². The molecular weight excluding hydrogens is 561 g/mol. The Hall–Kier alpha value is -1.52. The Morgan fingerprint density at radius 3 is 1.26 bits per heavy atom. The number of rotatable bonds is 10. The number of benzene rings is 4. The molecular formula is C30H34CaO6S2. The molecule has 0 N–H and O–H groups in total. The van der Waals surface area contributed by atoms with Gasteiger partial charge in [0.2, 0.25) is 0 Å². The Bertz CT molecular complexity index is 1480. The predicted octanol–water partition coefficient (Wildman–Crippen LogP) is 6.57. The van der Waals surface area contributed by atoms with Crippen molar-refractivity contribution < 1.29 is 25.9 Å². The van der Waals surface area contributed by atoms with E-state index in [0.29, 0.717) is 0 Å². The molecule has 0 unspecified atom stereocenters. The second-order valence-corrected chi connectivity index (χ2v) is 12.2. The average molecular weight is 595 g/mol. The summed E-state index contributed by atoms with van der Waals surface area (Å²) in [7, 11) is -8.79. The van der Waals surface area contributed by atoms with Crippen LogP contribution in [0, 0.1) is 0 Å². The zero-order valence-electron chi connectivity index (χ0n) is 22.6. The normalized spacial score (nSPS) is 11.6. The van der Waals surface area contributed by atoms with Crippen LogP contribution in [-0.2, 0) is 33.1 Å². The van der Waals surface area contributed by atoms with Gasteiger partial charge in [-0.3, -0.25) is 0 Å². The summed E-state index contributed by atoms with van der Waals surface area (Å²) in [5.74, 6) is 0. The van der Waals surface area contributed by atoms with E-state index in [9.17, 15) is 25.9 Å². The van der Waals surface area contributed by atoms with E-state index in [-0.39, 0.29) is 47.5 Å². The minimum atomic E-state index is -4.40. The van der Waals surface area contributed by atoms with Crippen molar-refractivity contribution in [2.24, 2.45) is 0 Å². The summed E-state index contributed by atoms with van der Waals surface area (Å²) in [6, 6.07) is 21.1. The van der Waals surface area contributed by atoms with Crippen LogP contribution in [0.1, 0.15) is 63.5 Å². The number of hydrogen-bond donors (Lipinski definition) is 0. The third-order valence-corrected chi connectivity index (χ3v) is 8.14. The second kappa shape index (κ2) is 15.5. The first kappa shape index (κ1) is 33.7. The van der Waals surface area contributed by atoms with Gasteiger partial charge in [-0.1, -0.05) is 88.1 Å². The molecule has 0 radical (unpaired) electrons.